The van der Waals surface area contributed by atoms with E-state index in [0.717, 1.165) is 11.1 Å². The number of benzene rings is 3. The van der Waals surface area contributed by atoms with Gasteiger partial charge < -0.3 is 9.47 Å². The van der Waals surface area contributed by atoms with Crippen molar-refractivity contribution in [1.82, 2.24) is 4.90 Å². The maximum Gasteiger partial charge on any atom is 0.416 e. The van der Waals surface area contributed by atoms with E-state index >= 15 is 0 Å². The first-order chi connectivity index (χ1) is 20.0. The third-order valence-electron chi connectivity index (χ3n) is 8.43. The lowest BCUT2D eigenvalue weighted by atomic mass is 9.78. The molecule has 3 aromatic rings. The number of methoxy groups -OCH3 is 1. The van der Waals surface area contributed by atoms with E-state index in [2.05, 4.69) is 11.0 Å². The van der Waals surface area contributed by atoms with Crippen LogP contribution in [0, 0.1) is 17.2 Å². The molecular weight excluding hydrogens is 558 g/mol. The molecule has 0 spiro atoms. The Morgan fingerprint density at radius 3 is 2.05 bits per heavy atom. The van der Waals surface area contributed by atoms with Gasteiger partial charge in [0, 0.05) is 19.7 Å². The van der Waals surface area contributed by atoms with Crippen LogP contribution in [0.5, 0.6) is 0 Å². The fourth-order valence-electron chi connectivity index (χ4n) is 6.61. The van der Waals surface area contributed by atoms with Gasteiger partial charge in [-0.2, -0.15) is 31.6 Å². The first kappa shape index (κ1) is 30.1. The lowest BCUT2D eigenvalue weighted by Crippen LogP contribution is -2.57. The summed E-state index contributed by atoms with van der Waals surface area (Å²) < 4.78 is 94.1. The van der Waals surface area contributed by atoms with Crippen molar-refractivity contribution in [2.45, 2.75) is 61.9 Å². The van der Waals surface area contributed by atoms with Crippen LogP contribution in [-0.2, 0) is 33.9 Å². The predicted octanol–water partition coefficient (Wildman–Crippen LogP) is 7.90. The number of alkyl halides is 6. The van der Waals surface area contributed by atoms with Crippen molar-refractivity contribution in [3.63, 3.8) is 0 Å². The Balaban J connectivity index is 1.61. The lowest BCUT2D eigenvalue weighted by Gasteiger charge is -2.51. The average molecular weight is 589 g/mol. The summed E-state index contributed by atoms with van der Waals surface area (Å²) in [6, 6.07) is 23.1. The summed E-state index contributed by atoms with van der Waals surface area (Å²) in [4.78, 5) is 2.25. The molecule has 5 rings (SSSR count). The average Bonchev–Trinajstić information content (AvgIpc) is 3.17. The van der Waals surface area contributed by atoms with Crippen LogP contribution in [0.4, 0.5) is 26.3 Å². The van der Waals surface area contributed by atoms with Crippen molar-refractivity contribution in [2.24, 2.45) is 5.92 Å². The number of nitriles is 1. The molecule has 0 aromatic heterocycles. The number of nitrogens with zero attached hydrogens (tertiary/aromatic N) is 2. The molecule has 2 fully saturated rings. The number of ether oxygens (including phenoxy) is 2. The molecule has 4 nitrogen and oxygen atoms in total. The molecule has 0 N–H and O–H groups in total. The second-order valence-corrected chi connectivity index (χ2v) is 10.9. The summed E-state index contributed by atoms with van der Waals surface area (Å²) in [6.45, 7) is 0.235. The van der Waals surface area contributed by atoms with Gasteiger partial charge in [0.15, 0.2) is 0 Å². The minimum Gasteiger partial charge on any atom is -0.382 e. The monoisotopic (exact) mass is 588 g/mol. The Morgan fingerprint density at radius 2 is 1.50 bits per heavy atom. The number of hydrogen-bond acceptors (Lipinski definition) is 4. The van der Waals surface area contributed by atoms with Crippen molar-refractivity contribution in [2.75, 3.05) is 13.7 Å². The van der Waals surface area contributed by atoms with Gasteiger partial charge in [0.2, 0.25) is 0 Å². The van der Waals surface area contributed by atoms with Crippen molar-refractivity contribution in [3.8, 4) is 6.07 Å². The molecule has 0 aliphatic carbocycles. The van der Waals surface area contributed by atoms with E-state index in [9.17, 15) is 31.6 Å². The van der Waals surface area contributed by atoms with Gasteiger partial charge in [-0.25, -0.2) is 0 Å². The Hall–Kier alpha value is -3.39. The van der Waals surface area contributed by atoms with Crippen LogP contribution in [0.25, 0.3) is 0 Å². The summed E-state index contributed by atoms with van der Waals surface area (Å²) in [6.07, 6.45) is -10.4. The molecule has 0 amide bonds. The number of halogens is 6. The van der Waals surface area contributed by atoms with Gasteiger partial charge in [0.25, 0.3) is 0 Å². The SMILES string of the molecule is COC[C@H](O[C@@H]1CC[C@H]2[C@H](C#N)C[C@]1(c1ccccc1)N2Cc1ccccc1)c1cc(C(F)(F)F)cc(C(F)(F)F)c1. The molecule has 5 atom stereocenters. The van der Waals surface area contributed by atoms with Crippen LogP contribution in [0.15, 0.2) is 78.9 Å². The van der Waals surface area contributed by atoms with E-state index in [1.54, 1.807) is 0 Å². The summed E-state index contributed by atoms with van der Waals surface area (Å²) in [7, 11) is 1.32. The third-order valence-corrected chi connectivity index (χ3v) is 8.43. The molecule has 222 valence electrons. The molecule has 0 radical (unpaired) electrons. The van der Waals surface area contributed by atoms with E-state index in [1.165, 1.54) is 7.11 Å². The Labute approximate surface area is 240 Å². The molecule has 2 heterocycles. The lowest BCUT2D eigenvalue weighted by molar-refractivity contribution is -0.148. The van der Waals surface area contributed by atoms with Gasteiger partial charge in [-0.3, -0.25) is 4.90 Å². The van der Waals surface area contributed by atoms with Crippen LogP contribution < -0.4 is 0 Å². The molecule has 2 aliphatic heterocycles. The van der Waals surface area contributed by atoms with Gasteiger partial charge in [0.05, 0.1) is 41.4 Å². The summed E-state index contributed by atoms with van der Waals surface area (Å²) in [5.41, 5.74) is -2.04. The number of piperidine rings is 1. The number of rotatable bonds is 8. The largest absolute Gasteiger partial charge is 0.416 e. The number of fused-ring (bicyclic) bond motifs is 2. The van der Waals surface area contributed by atoms with Crippen molar-refractivity contribution in [3.05, 3.63) is 107 Å². The molecule has 2 aliphatic rings. The molecule has 3 aromatic carbocycles. The molecule has 10 heteroatoms. The minimum atomic E-state index is -4.99. The van der Waals surface area contributed by atoms with Crippen LogP contribution in [0.1, 0.15) is 53.2 Å². The van der Waals surface area contributed by atoms with E-state index < -0.39 is 41.2 Å². The van der Waals surface area contributed by atoms with Crippen LogP contribution in [0.3, 0.4) is 0 Å². The standard InChI is InChI=1S/C32H30F6N2O2/c1-41-20-28(22-14-25(31(33,34)35)16-26(15-22)32(36,37)38)42-29-13-12-27-23(18-39)17-30(29,24-10-6-3-7-11-24)40(27)19-21-8-4-2-5-9-21/h2-11,14-16,23,27-29H,12-13,17,19-20H2,1H3/t23-,27-,28-,29+,30+/m0/s1. The Morgan fingerprint density at radius 1 is 0.905 bits per heavy atom. The highest BCUT2D eigenvalue weighted by atomic mass is 19.4. The normalized spacial score (nSPS) is 25.2. The second-order valence-electron chi connectivity index (χ2n) is 10.9. The molecular formula is C32H30F6N2O2. The molecule has 0 saturated carbocycles. The van der Waals surface area contributed by atoms with Crippen molar-refractivity contribution in [1.29, 1.82) is 5.26 Å². The summed E-state index contributed by atoms with van der Waals surface area (Å²) in [5.74, 6) is -0.339. The van der Waals surface area contributed by atoms with Crippen molar-refractivity contribution >= 4 is 0 Å². The molecule has 2 saturated heterocycles. The van der Waals surface area contributed by atoms with E-state index in [0.29, 0.717) is 37.9 Å². The first-order valence-electron chi connectivity index (χ1n) is 13.7. The second kappa shape index (κ2) is 11.7. The highest BCUT2D eigenvalue weighted by Crippen LogP contribution is 2.55. The molecule has 2 bridgehead atoms. The Bertz CT molecular complexity index is 1370. The summed E-state index contributed by atoms with van der Waals surface area (Å²) in [5, 5.41) is 10.2. The third kappa shape index (κ3) is 5.78. The number of hydrogen-bond donors (Lipinski definition) is 0. The fourth-order valence-corrected chi connectivity index (χ4v) is 6.61. The highest BCUT2D eigenvalue weighted by Gasteiger charge is 2.60. The fraction of sp³-hybridized carbons (Fsp3) is 0.406. The van der Waals surface area contributed by atoms with E-state index in [4.69, 9.17) is 9.47 Å². The molecule has 42 heavy (non-hydrogen) atoms. The zero-order valence-corrected chi connectivity index (χ0v) is 22.8. The maximum atomic E-state index is 13.7. The summed E-state index contributed by atoms with van der Waals surface area (Å²) >= 11 is 0. The van der Waals surface area contributed by atoms with Gasteiger partial charge in [0.1, 0.15) is 6.10 Å². The smallest absolute Gasteiger partial charge is 0.382 e. The Kier molecular flexibility index (Phi) is 8.39. The minimum absolute atomic E-state index is 0.0958. The quantitative estimate of drug-likeness (QED) is 0.251. The first-order valence-corrected chi connectivity index (χ1v) is 13.7. The van der Waals surface area contributed by atoms with Crippen LogP contribution in [-0.4, -0.2) is 30.8 Å². The van der Waals surface area contributed by atoms with Crippen molar-refractivity contribution < 1.29 is 35.8 Å². The zero-order valence-electron chi connectivity index (χ0n) is 22.8. The van der Waals surface area contributed by atoms with Gasteiger partial charge in [-0.15, -0.1) is 0 Å². The van der Waals surface area contributed by atoms with Crippen LogP contribution >= 0.6 is 0 Å². The predicted molar refractivity (Wildman–Crippen MR) is 143 cm³/mol. The van der Waals surface area contributed by atoms with Crippen LogP contribution in [0.2, 0.25) is 0 Å². The molecule has 0 unspecified atom stereocenters. The van der Waals surface area contributed by atoms with Gasteiger partial charge in [-0.1, -0.05) is 60.7 Å². The van der Waals surface area contributed by atoms with E-state index in [-0.39, 0.29) is 30.2 Å². The van der Waals surface area contributed by atoms with E-state index in [1.807, 2.05) is 60.7 Å². The maximum absolute atomic E-state index is 13.7. The van der Waals surface area contributed by atoms with Gasteiger partial charge >= 0.3 is 12.4 Å². The van der Waals surface area contributed by atoms with Gasteiger partial charge in [-0.05, 0) is 54.2 Å². The topological polar surface area (TPSA) is 45.5 Å². The highest BCUT2D eigenvalue weighted by molar-refractivity contribution is 5.36. The zero-order chi connectivity index (χ0) is 30.1.